The lowest BCUT2D eigenvalue weighted by atomic mass is 9.93. The Bertz CT molecular complexity index is 1020. The maximum atomic E-state index is 14.2. The van der Waals surface area contributed by atoms with Gasteiger partial charge in [-0.05, 0) is 48.9 Å². The number of carboxylic acids is 1. The van der Waals surface area contributed by atoms with Crippen molar-refractivity contribution in [3.05, 3.63) is 53.8 Å². The van der Waals surface area contributed by atoms with Gasteiger partial charge in [-0.1, -0.05) is 64.7 Å². The van der Waals surface area contributed by atoms with Crippen molar-refractivity contribution in [1.82, 2.24) is 0 Å². The van der Waals surface area contributed by atoms with Crippen LogP contribution in [0.5, 0.6) is 5.75 Å². The summed E-state index contributed by atoms with van der Waals surface area (Å²) < 4.78 is 20.0. The Labute approximate surface area is 213 Å². The smallest absolute Gasteiger partial charge is 0.344 e. The predicted molar refractivity (Wildman–Crippen MR) is 141 cm³/mol. The zero-order chi connectivity index (χ0) is 26.1. The number of hydrogen-bond acceptors (Lipinski definition) is 4. The first-order valence-corrected chi connectivity index (χ1v) is 13.1. The summed E-state index contributed by atoms with van der Waals surface area (Å²) in [6, 6.07) is 12.0. The van der Waals surface area contributed by atoms with Crippen LogP contribution in [-0.2, 0) is 16.0 Å². The summed E-state index contributed by atoms with van der Waals surface area (Å²) in [7, 11) is 0. The molecule has 1 unspecified atom stereocenters. The highest BCUT2D eigenvalue weighted by Gasteiger charge is 2.26. The number of benzene rings is 2. The molecule has 196 valence electrons. The molecule has 36 heavy (non-hydrogen) atoms. The molecule has 0 radical (unpaired) electrons. The number of rotatable bonds is 12. The number of carbonyl (C=O) groups excluding carboxylic acids is 1. The quantitative estimate of drug-likeness (QED) is 0.352. The fourth-order valence-electron chi connectivity index (χ4n) is 4.84. The second kappa shape index (κ2) is 13.3. The van der Waals surface area contributed by atoms with Crippen molar-refractivity contribution in [1.29, 1.82) is 0 Å². The van der Waals surface area contributed by atoms with E-state index >= 15 is 0 Å². The fraction of sp³-hybridized carbons (Fsp3) is 0.517. The topological polar surface area (TPSA) is 78.9 Å². The lowest BCUT2D eigenvalue weighted by molar-refractivity contribution is -0.145. The van der Waals surface area contributed by atoms with Crippen LogP contribution in [0.3, 0.4) is 0 Å². The van der Waals surface area contributed by atoms with Gasteiger partial charge in [-0.15, -0.1) is 0 Å². The van der Waals surface area contributed by atoms with Gasteiger partial charge in [-0.2, -0.15) is 0 Å². The molecule has 0 aliphatic heterocycles. The number of anilines is 2. The van der Waals surface area contributed by atoms with Crippen molar-refractivity contribution < 1.29 is 23.8 Å². The van der Waals surface area contributed by atoms with E-state index in [4.69, 9.17) is 4.74 Å². The van der Waals surface area contributed by atoms with Gasteiger partial charge >= 0.3 is 5.97 Å². The van der Waals surface area contributed by atoms with Crippen molar-refractivity contribution >= 4 is 23.3 Å². The zero-order valence-corrected chi connectivity index (χ0v) is 21.6. The lowest BCUT2D eigenvalue weighted by Gasteiger charge is -2.38. The third-order valence-corrected chi connectivity index (χ3v) is 6.54. The maximum absolute atomic E-state index is 14.2. The number of ether oxygens (including phenoxy) is 1. The summed E-state index contributed by atoms with van der Waals surface area (Å²) in [6.07, 6.45) is 5.75. The molecule has 1 fully saturated rings. The molecule has 1 aliphatic rings. The Kier molecular flexibility index (Phi) is 10.1. The minimum Gasteiger partial charge on any atom is -0.479 e. The van der Waals surface area contributed by atoms with Gasteiger partial charge in [0.1, 0.15) is 11.6 Å². The standard InChI is InChI=1S/C29H39FN2O4/c1-4-10-27(29(34)35)36-23-15-16-26(32(19-20(2)3)22-12-6-5-7-13-22)25(18-23)31-28(33)17-21-11-8-9-14-24(21)30/h8-9,11,14-16,18,20,22,27H,4-7,10,12-13,17,19H2,1-3H3,(H,31,33)(H,34,35). The van der Waals surface area contributed by atoms with Gasteiger partial charge in [0.2, 0.25) is 5.91 Å². The molecule has 1 saturated carbocycles. The van der Waals surface area contributed by atoms with Crippen LogP contribution >= 0.6 is 0 Å². The van der Waals surface area contributed by atoms with Crippen molar-refractivity contribution in [2.75, 3.05) is 16.8 Å². The Hall–Kier alpha value is -3.09. The number of carbonyl (C=O) groups is 2. The number of hydrogen-bond donors (Lipinski definition) is 2. The summed E-state index contributed by atoms with van der Waals surface area (Å²) in [4.78, 5) is 27.0. The van der Waals surface area contributed by atoms with E-state index in [2.05, 4.69) is 24.1 Å². The Morgan fingerprint density at radius 3 is 2.50 bits per heavy atom. The zero-order valence-electron chi connectivity index (χ0n) is 21.6. The van der Waals surface area contributed by atoms with Crippen LogP contribution in [0.1, 0.15) is 71.3 Å². The molecule has 3 rings (SSSR count). The Morgan fingerprint density at radius 1 is 1.14 bits per heavy atom. The van der Waals surface area contributed by atoms with Gasteiger partial charge in [-0.3, -0.25) is 4.79 Å². The highest BCUT2D eigenvalue weighted by Crippen LogP contribution is 2.36. The molecule has 0 spiro atoms. The Morgan fingerprint density at radius 2 is 1.86 bits per heavy atom. The average molecular weight is 499 g/mol. The molecule has 0 heterocycles. The van der Waals surface area contributed by atoms with Gasteiger partial charge < -0.3 is 20.1 Å². The number of aliphatic carboxylic acids is 1. The van der Waals surface area contributed by atoms with Crippen LogP contribution in [0.25, 0.3) is 0 Å². The van der Waals surface area contributed by atoms with Gasteiger partial charge in [-0.25, -0.2) is 9.18 Å². The predicted octanol–water partition coefficient (Wildman–Crippen LogP) is 6.43. The molecular formula is C29H39FN2O4. The minimum atomic E-state index is -1.02. The molecule has 0 aromatic heterocycles. The first-order chi connectivity index (χ1) is 17.3. The first-order valence-electron chi connectivity index (χ1n) is 13.1. The molecule has 1 amide bonds. The third-order valence-electron chi connectivity index (χ3n) is 6.54. The fourth-order valence-corrected chi connectivity index (χ4v) is 4.84. The van der Waals surface area contributed by atoms with E-state index in [1.807, 2.05) is 13.0 Å². The van der Waals surface area contributed by atoms with Crippen molar-refractivity contribution in [2.45, 2.75) is 84.3 Å². The molecule has 1 aliphatic carbocycles. The molecule has 2 N–H and O–H groups in total. The van der Waals surface area contributed by atoms with Crippen LogP contribution in [0.4, 0.5) is 15.8 Å². The molecule has 1 atom stereocenters. The van der Waals surface area contributed by atoms with Crippen LogP contribution in [0, 0.1) is 11.7 Å². The van der Waals surface area contributed by atoms with Crippen LogP contribution < -0.4 is 15.0 Å². The number of amides is 1. The van der Waals surface area contributed by atoms with Crippen molar-refractivity contribution in [3.8, 4) is 5.75 Å². The molecule has 2 aromatic carbocycles. The number of carboxylic acid groups (broad SMARTS) is 1. The first kappa shape index (κ1) is 27.5. The van der Waals surface area contributed by atoms with Crippen LogP contribution in [0.15, 0.2) is 42.5 Å². The number of halogens is 1. The highest BCUT2D eigenvalue weighted by atomic mass is 19.1. The molecular weight excluding hydrogens is 459 g/mol. The van der Waals surface area contributed by atoms with Gasteiger partial charge in [0.15, 0.2) is 6.10 Å². The van der Waals surface area contributed by atoms with Crippen molar-refractivity contribution in [3.63, 3.8) is 0 Å². The molecule has 2 aromatic rings. The van der Waals surface area contributed by atoms with Crippen molar-refractivity contribution in [2.24, 2.45) is 5.92 Å². The lowest BCUT2D eigenvalue weighted by Crippen LogP contribution is -2.40. The van der Waals surface area contributed by atoms with Crippen LogP contribution in [0.2, 0.25) is 0 Å². The van der Waals surface area contributed by atoms with E-state index in [1.165, 1.54) is 25.3 Å². The van der Waals surface area contributed by atoms with E-state index in [-0.39, 0.29) is 12.3 Å². The average Bonchev–Trinajstić information content (AvgIpc) is 2.84. The second-order valence-electron chi connectivity index (χ2n) is 10.1. The largest absolute Gasteiger partial charge is 0.479 e. The third kappa shape index (κ3) is 7.70. The molecule has 0 bridgehead atoms. The minimum absolute atomic E-state index is 0.0988. The SMILES string of the molecule is CCCC(Oc1ccc(N(CC(C)C)C2CCCCC2)c(NC(=O)Cc2ccccc2F)c1)C(=O)O. The van der Waals surface area contributed by atoms with E-state index < -0.39 is 17.9 Å². The summed E-state index contributed by atoms with van der Waals surface area (Å²) in [6.45, 7) is 7.08. The van der Waals surface area contributed by atoms with E-state index in [0.29, 0.717) is 41.8 Å². The molecule has 6 nitrogen and oxygen atoms in total. The number of nitrogens with zero attached hydrogens (tertiary/aromatic N) is 1. The Balaban J connectivity index is 1.95. The van der Waals surface area contributed by atoms with E-state index in [0.717, 1.165) is 25.1 Å². The van der Waals surface area contributed by atoms with Gasteiger partial charge in [0.05, 0.1) is 17.8 Å². The molecule has 0 saturated heterocycles. The maximum Gasteiger partial charge on any atom is 0.344 e. The monoisotopic (exact) mass is 498 g/mol. The summed E-state index contributed by atoms with van der Waals surface area (Å²) >= 11 is 0. The van der Waals surface area contributed by atoms with Gasteiger partial charge in [0.25, 0.3) is 0 Å². The number of nitrogens with one attached hydrogen (secondary N) is 1. The second-order valence-corrected chi connectivity index (χ2v) is 10.1. The normalized spacial score (nSPS) is 14.9. The molecule has 7 heteroatoms. The van der Waals surface area contributed by atoms with Gasteiger partial charge in [0, 0.05) is 18.7 Å². The van der Waals surface area contributed by atoms with Crippen LogP contribution in [-0.4, -0.2) is 35.7 Å². The van der Waals surface area contributed by atoms with E-state index in [1.54, 1.807) is 30.3 Å². The van der Waals surface area contributed by atoms with E-state index in [9.17, 15) is 19.1 Å². The highest BCUT2D eigenvalue weighted by molar-refractivity contribution is 5.96. The summed E-state index contributed by atoms with van der Waals surface area (Å²) in [5.41, 5.74) is 1.76. The summed E-state index contributed by atoms with van der Waals surface area (Å²) in [5.74, 6) is -0.984. The summed E-state index contributed by atoms with van der Waals surface area (Å²) in [5, 5.41) is 12.5.